The zero-order valence-electron chi connectivity index (χ0n) is 10.7. The number of halogens is 3. The SMILES string of the molecule is CN(Cc1cc(Cl)cc(Cl)c1)C(=O)c1cccc(I)c1. The van der Waals surface area contributed by atoms with Crippen molar-refractivity contribution in [3.8, 4) is 0 Å². The van der Waals surface area contributed by atoms with Crippen LogP contribution in [0.3, 0.4) is 0 Å². The zero-order valence-corrected chi connectivity index (χ0v) is 14.4. The first-order chi connectivity index (χ1) is 9.45. The third-order valence-corrected chi connectivity index (χ3v) is 3.87. The van der Waals surface area contributed by atoms with E-state index in [0.717, 1.165) is 9.13 Å². The van der Waals surface area contributed by atoms with Crippen LogP contribution in [0.4, 0.5) is 0 Å². The Morgan fingerprint density at radius 3 is 2.40 bits per heavy atom. The summed E-state index contributed by atoms with van der Waals surface area (Å²) in [5, 5.41) is 1.14. The number of carbonyl (C=O) groups excluding carboxylic acids is 1. The van der Waals surface area contributed by atoms with Crippen molar-refractivity contribution in [2.24, 2.45) is 0 Å². The largest absolute Gasteiger partial charge is 0.337 e. The summed E-state index contributed by atoms with van der Waals surface area (Å²) in [5.74, 6) is -0.0281. The maximum absolute atomic E-state index is 12.3. The summed E-state index contributed by atoms with van der Waals surface area (Å²) in [5.41, 5.74) is 1.58. The van der Waals surface area contributed by atoms with E-state index in [1.807, 2.05) is 36.4 Å². The highest BCUT2D eigenvalue weighted by atomic mass is 127. The topological polar surface area (TPSA) is 20.3 Å². The minimum absolute atomic E-state index is 0.0281. The van der Waals surface area contributed by atoms with Gasteiger partial charge in [-0.15, -0.1) is 0 Å². The zero-order chi connectivity index (χ0) is 14.7. The fraction of sp³-hybridized carbons (Fsp3) is 0.133. The van der Waals surface area contributed by atoms with Crippen LogP contribution in [0.5, 0.6) is 0 Å². The second-order valence-electron chi connectivity index (χ2n) is 4.45. The molecule has 0 saturated heterocycles. The average Bonchev–Trinajstić information content (AvgIpc) is 2.36. The van der Waals surface area contributed by atoms with Gasteiger partial charge in [-0.2, -0.15) is 0 Å². The van der Waals surface area contributed by atoms with Gasteiger partial charge in [0.25, 0.3) is 5.91 Å². The molecule has 0 radical (unpaired) electrons. The van der Waals surface area contributed by atoms with E-state index >= 15 is 0 Å². The Balaban J connectivity index is 2.15. The van der Waals surface area contributed by atoms with E-state index in [1.165, 1.54) is 0 Å². The molecule has 5 heteroatoms. The van der Waals surface area contributed by atoms with E-state index in [1.54, 1.807) is 18.0 Å². The molecule has 20 heavy (non-hydrogen) atoms. The van der Waals surface area contributed by atoms with Gasteiger partial charge in [0.1, 0.15) is 0 Å². The standard InChI is InChI=1S/C15H12Cl2INO/c1-19(9-10-5-12(16)8-13(17)6-10)15(20)11-3-2-4-14(18)7-11/h2-8H,9H2,1H3. The molecule has 0 saturated carbocycles. The van der Waals surface area contributed by atoms with Gasteiger partial charge in [0.15, 0.2) is 0 Å². The molecule has 0 aliphatic carbocycles. The minimum Gasteiger partial charge on any atom is -0.337 e. The van der Waals surface area contributed by atoms with E-state index < -0.39 is 0 Å². The Hall–Kier alpha value is -0.780. The first-order valence-corrected chi connectivity index (χ1v) is 7.75. The van der Waals surface area contributed by atoms with Gasteiger partial charge in [0.05, 0.1) is 0 Å². The minimum atomic E-state index is -0.0281. The quantitative estimate of drug-likeness (QED) is 0.650. The Morgan fingerprint density at radius 1 is 1.15 bits per heavy atom. The molecule has 0 aliphatic heterocycles. The highest BCUT2D eigenvalue weighted by Gasteiger charge is 2.12. The summed E-state index contributed by atoms with van der Waals surface area (Å²) in [6.45, 7) is 0.463. The molecule has 0 heterocycles. The van der Waals surface area contributed by atoms with Crippen molar-refractivity contribution in [1.29, 1.82) is 0 Å². The number of rotatable bonds is 3. The van der Waals surface area contributed by atoms with Crippen molar-refractivity contribution in [3.05, 3.63) is 67.2 Å². The third kappa shape index (κ3) is 4.11. The van der Waals surface area contributed by atoms with E-state index in [0.29, 0.717) is 22.2 Å². The molecule has 0 N–H and O–H groups in total. The maximum Gasteiger partial charge on any atom is 0.253 e. The molecule has 0 spiro atoms. The highest BCUT2D eigenvalue weighted by molar-refractivity contribution is 14.1. The Bertz CT molecular complexity index is 625. The summed E-state index contributed by atoms with van der Waals surface area (Å²) in [7, 11) is 1.76. The van der Waals surface area contributed by atoms with Crippen LogP contribution in [0.15, 0.2) is 42.5 Å². The number of hydrogen-bond acceptors (Lipinski definition) is 1. The molecule has 2 aromatic carbocycles. The van der Waals surface area contributed by atoms with Crippen LogP contribution in [0.2, 0.25) is 10.0 Å². The van der Waals surface area contributed by atoms with E-state index in [9.17, 15) is 4.79 Å². The molecular formula is C15H12Cl2INO. The van der Waals surface area contributed by atoms with Crippen LogP contribution in [0.25, 0.3) is 0 Å². The monoisotopic (exact) mass is 419 g/mol. The van der Waals surface area contributed by atoms with Crippen LogP contribution in [0, 0.1) is 3.57 Å². The van der Waals surface area contributed by atoms with Crippen LogP contribution in [-0.2, 0) is 6.54 Å². The molecule has 0 fully saturated rings. The molecule has 0 aliphatic rings. The van der Waals surface area contributed by atoms with Crippen molar-refractivity contribution >= 4 is 51.7 Å². The van der Waals surface area contributed by atoms with Gasteiger partial charge >= 0.3 is 0 Å². The molecule has 0 bridgehead atoms. The van der Waals surface area contributed by atoms with Crippen molar-refractivity contribution in [2.45, 2.75) is 6.54 Å². The van der Waals surface area contributed by atoms with Crippen LogP contribution < -0.4 is 0 Å². The van der Waals surface area contributed by atoms with Gasteiger partial charge < -0.3 is 4.90 Å². The van der Waals surface area contributed by atoms with Gasteiger partial charge in [-0.25, -0.2) is 0 Å². The predicted molar refractivity (Wildman–Crippen MR) is 91.4 cm³/mol. The molecule has 0 aromatic heterocycles. The van der Waals surface area contributed by atoms with E-state index in [2.05, 4.69) is 22.6 Å². The van der Waals surface area contributed by atoms with Gasteiger partial charge in [0, 0.05) is 32.8 Å². The number of benzene rings is 2. The van der Waals surface area contributed by atoms with E-state index in [-0.39, 0.29) is 5.91 Å². The van der Waals surface area contributed by atoms with Crippen LogP contribution in [0.1, 0.15) is 15.9 Å². The highest BCUT2D eigenvalue weighted by Crippen LogP contribution is 2.20. The lowest BCUT2D eigenvalue weighted by molar-refractivity contribution is 0.0785. The lowest BCUT2D eigenvalue weighted by Gasteiger charge is -2.18. The second kappa shape index (κ2) is 6.78. The Kier molecular flexibility index (Phi) is 5.29. The van der Waals surface area contributed by atoms with Crippen LogP contribution >= 0.6 is 45.8 Å². The predicted octanol–water partition coefficient (Wildman–Crippen LogP) is 4.87. The smallest absolute Gasteiger partial charge is 0.253 e. The Morgan fingerprint density at radius 2 is 1.80 bits per heavy atom. The molecule has 0 unspecified atom stereocenters. The molecule has 2 rings (SSSR count). The van der Waals surface area contributed by atoms with Crippen molar-refractivity contribution < 1.29 is 4.79 Å². The van der Waals surface area contributed by atoms with Gasteiger partial charge in [0.2, 0.25) is 0 Å². The molecule has 2 nitrogen and oxygen atoms in total. The molecule has 2 aromatic rings. The summed E-state index contributed by atoms with van der Waals surface area (Å²) in [6, 6.07) is 12.8. The van der Waals surface area contributed by atoms with Crippen molar-refractivity contribution in [1.82, 2.24) is 4.90 Å². The lowest BCUT2D eigenvalue weighted by Crippen LogP contribution is -2.26. The first kappa shape index (κ1) is 15.6. The second-order valence-corrected chi connectivity index (χ2v) is 6.57. The number of hydrogen-bond donors (Lipinski definition) is 0. The molecular weight excluding hydrogens is 408 g/mol. The van der Waals surface area contributed by atoms with E-state index in [4.69, 9.17) is 23.2 Å². The fourth-order valence-corrected chi connectivity index (χ4v) is 3.00. The molecule has 1 amide bonds. The Labute approximate surface area is 141 Å². The van der Waals surface area contributed by atoms with Gasteiger partial charge in [-0.1, -0.05) is 29.3 Å². The third-order valence-electron chi connectivity index (χ3n) is 2.76. The number of nitrogens with zero attached hydrogens (tertiary/aromatic N) is 1. The number of amides is 1. The van der Waals surface area contributed by atoms with Crippen molar-refractivity contribution in [3.63, 3.8) is 0 Å². The fourth-order valence-electron chi connectivity index (χ4n) is 1.89. The molecule has 104 valence electrons. The van der Waals surface area contributed by atoms with Gasteiger partial charge in [-0.3, -0.25) is 4.79 Å². The molecule has 0 atom stereocenters. The van der Waals surface area contributed by atoms with Gasteiger partial charge in [-0.05, 0) is 64.6 Å². The number of carbonyl (C=O) groups is 1. The van der Waals surface area contributed by atoms with Crippen LogP contribution in [-0.4, -0.2) is 17.9 Å². The average molecular weight is 420 g/mol. The normalized spacial score (nSPS) is 10.4. The first-order valence-electron chi connectivity index (χ1n) is 5.92. The summed E-state index contributed by atoms with van der Waals surface area (Å²) >= 11 is 14.1. The maximum atomic E-state index is 12.3. The summed E-state index contributed by atoms with van der Waals surface area (Å²) in [4.78, 5) is 14.0. The lowest BCUT2D eigenvalue weighted by atomic mass is 10.1. The summed E-state index contributed by atoms with van der Waals surface area (Å²) in [6.07, 6.45) is 0. The summed E-state index contributed by atoms with van der Waals surface area (Å²) < 4.78 is 1.03. The van der Waals surface area contributed by atoms with Crippen molar-refractivity contribution in [2.75, 3.05) is 7.05 Å².